The largest absolute Gasteiger partial charge is 0.355 e. The summed E-state index contributed by atoms with van der Waals surface area (Å²) in [6.07, 6.45) is 0. The molecule has 0 fully saturated rings. The molecule has 116 valence electrons. The summed E-state index contributed by atoms with van der Waals surface area (Å²) in [5.74, 6) is 0.0924. The van der Waals surface area contributed by atoms with Crippen LogP contribution in [0, 0.1) is 18.7 Å². The Hall–Kier alpha value is -1.94. The summed E-state index contributed by atoms with van der Waals surface area (Å²) >= 11 is 5.39. The third kappa shape index (κ3) is 4.53. The molecule has 2 nitrogen and oxygen atoms in total. The minimum atomic E-state index is -0.230. The van der Waals surface area contributed by atoms with Gasteiger partial charge in [0.15, 0.2) is 5.11 Å². The Balaban J connectivity index is 2.05. The van der Waals surface area contributed by atoms with Gasteiger partial charge in [-0.05, 0) is 54.9 Å². The highest BCUT2D eigenvalue weighted by molar-refractivity contribution is 7.80. The lowest BCUT2D eigenvalue weighted by Crippen LogP contribution is -2.34. The van der Waals surface area contributed by atoms with Crippen molar-refractivity contribution in [2.75, 3.05) is 5.32 Å². The molecule has 22 heavy (non-hydrogen) atoms. The monoisotopic (exact) mass is 316 g/mol. The van der Waals surface area contributed by atoms with E-state index in [0.717, 1.165) is 11.3 Å². The van der Waals surface area contributed by atoms with Crippen molar-refractivity contribution in [2.24, 2.45) is 5.92 Å². The minimum absolute atomic E-state index is 0.0334. The van der Waals surface area contributed by atoms with Gasteiger partial charge in [-0.25, -0.2) is 4.39 Å². The summed E-state index contributed by atoms with van der Waals surface area (Å²) in [5, 5.41) is 7.06. The predicted octanol–water partition coefficient (Wildman–Crippen LogP) is 4.82. The molecule has 0 saturated heterocycles. The second kappa shape index (κ2) is 7.36. The number of thiocarbonyl (C=S) groups is 1. The Bertz CT molecular complexity index is 621. The van der Waals surface area contributed by atoms with E-state index in [2.05, 4.69) is 24.5 Å². The van der Waals surface area contributed by atoms with Gasteiger partial charge in [0, 0.05) is 5.69 Å². The molecule has 2 N–H and O–H groups in total. The van der Waals surface area contributed by atoms with Gasteiger partial charge in [0.05, 0.1) is 6.04 Å². The number of rotatable bonds is 4. The molecular weight excluding hydrogens is 295 g/mol. The molecule has 0 aliphatic heterocycles. The SMILES string of the molecule is Cc1ccc(NC(=S)N[C@H](c2ccc(F)cc2)C(C)C)cc1. The van der Waals surface area contributed by atoms with Crippen LogP contribution in [-0.4, -0.2) is 5.11 Å². The molecule has 2 aromatic rings. The number of hydrogen-bond donors (Lipinski definition) is 2. The lowest BCUT2D eigenvalue weighted by atomic mass is 9.96. The second-order valence-corrected chi connectivity index (χ2v) is 6.15. The maximum absolute atomic E-state index is 13.1. The minimum Gasteiger partial charge on any atom is -0.355 e. The van der Waals surface area contributed by atoms with Crippen molar-refractivity contribution >= 4 is 23.0 Å². The van der Waals surface area contributed by atoms with Gasteiger partial charge in [0.25, 0.3) is 0 Å². The van der Waals surface area contributed by atoms with Gasteiger partial charge >= 0.3 is 0 Å². The fourth-order valence-electron chi connectivity index (χ4n) is 2.25. The molecule has 0 amide bonds. The van der Waals surface area contributed by atoms with E-state index < -0.39 is 0 Å². The molecule has 0 saturated carbocycles. The van der Waals surface area contributed by atoms with E-state index in [1.807, 2.05) is 31.2 Å². The van der Waals surface area contributed by atoms with Gasteiger partial charge in [-0.2, -0.15) is 0 Å². The van der Waals surface area contributed by atoms with Crippen molar-refractivity contribution in [1.82, 2.24) is 5.32 Å². The molecule has 0 unspecified atom stereocenters. The van der Waals surface area contributed by atoms with Crippen LogP contribution in [0.15, 0.2) is 48.5 Å². The molecule has 2 aromatic carbocycles. The second-order valence-electron chi connectivity index (χ2n) is 5.74. The summed E-state index contributed by atoms with van der Waals surface area (Å²) in [4.78, 5) is 0. The first kappa shape index (κ1) is 16.4. The van der Waals surface area contributed by atoms with Gasteiger partial charge in [0.1, 0.15) is 5.82 Å². The van der Waals surface area contributed by atoms with Crippen LogP contribution < -0.4 is 10.6 Å². The fourth-order valence-corrected chi connectivity index (χ4v) is 2.50. The zero-order chi connectivity index (χ0) is 16.1. The lowest BCUT2D eigenvalue weighted by Gasteiger charge is -2.24. The zero-order valence-electron chi connectivity index (χ0n) is 13.1. The summed E-state index contributed by atoms with van der Waals surface area (Å²) in [5.41, 5.74) is 3.17. The Morgan fingerprint density at radius 2 is 1.59 bits per heavy atom. The topological polar surface area (TPSA) is 24.1 Å². The number of anilines is 1. The van der Waals surface area contributed by atoms with Crippen LogP contribution in [0.1, 0.15) is 31.0 Å². The molecule has 1 atom stereocenters. The van der Waals surface area contributed by atoms with Gasteiger partial charge in [-0.3, -0.25) is 0 Å². The molecule has 0 aliphatic carbocycles. The molecule has 0 bridgehead atoms. The Morgan fingerprint density at radius 3 is 2.14 bits per heavy atom. The Kier molecular flexibility index (Phi) is 5.50. The molecule has 4 heteroatoms. The van der Waals surface area contributed by atoms with Gasteiger partial charge in [-0.15, -0.1) is 0 Å². The number of nitrogens with one attached hydrogen (secondary N) is 2. The van der Waals surface area contributed by atoms with E-state index in [-0.39, 0.29) is 11.9 Å². The number of benzene rings is 2. The molecular formula is C18H21FN2S. The molecule has 2 rings (SSSR count). The first-order valence-corrected chi connectivity index (χ1v) is 7.76. The van der Waals surface area contributed by atoms with Gasteiger partial charge in [-0.1, -0.05) is 43.7 Å². The van der Waals surface area contributed by atoms with E-state index in [9.17, 15) is 4.39 Å². The van der Waals surface area contributed by atoms with E-state index in [1.165, 1.54) is 17.7 Å². The van der Waals surface area contributed by atoms with Gasteiger partial charge in [0.2, 0.25) is 0 Å². The first-order valence-electron chi connectivity index (χ1n) is 7.35. The van der Waals surface area contributed by atoms with Crippen LogP contribution in [0.4, 0.5) is 10.1 Å². The summed E-state index contributed by atoms with van der Waals surface area (Å²) < 4.78 is 13.1. The molecule has 0 aromatic heterocycles. The number of halogens is 1. The van der Waals surface area contributed by atoms with Crippen molar-refractivity contribution in [1.29, 1.82) is 0 Å². The van der Waals surface area contributed by atoms with Crippen molar-refractivity contribution < 1.29 is 4.39 Å². The number of hydrogen-bond acceptors (Lipinski definition) is 1. The third-order valence-corrected chi connectivity index (χ3v) is 3.71. The zero-order valence-corrected chi connectivity index (χ0v) is 13.9. The standard InChI is InChI=1S/C18H21FN2S/c1-12(2)17(14-6-8-15(19)9-7-14)21-18(22)20-16-10-4-13(3)5-11-16/h4-12,17H,1-3H3,(H2,20,21,22)/t17-/m0/s1. The quantitative estimate of drug-likeness (QED) is 0.791. The molecule has 0 heterocycles. The predicted molar refractivity (Wildman–Crippen MR) is 94.5 cm³/mol. The van der Waals surface area contributed by atoms with E-state index in [4.69, 9.17) is 12.2 Å². The first-order chi connectivity index (χ1) is 10.5. The molecule has 0 spiro atoms. The molecule has 0 radical (unpaired) electrons. The summed E-state index contributed by atoms with van der Waals surface area (Å²) in [6.45, 7) is 6.26. The molecule has 0 aliphatic rings. The van der Waals surface area contributed by atoms with E-state index in [0.29, 0.717) is 11.0 Å². The Morgan fingerprint density at radius 1 is 1.00 bits per heavy atom. The highest BCUT2D eigenvalue weighted by atomic mass is 32.1. The average Bonchev–Trinajstić information content (AvgIpc) is 2.48. The van der Waals surface area contributed by atoms with Crippen LogP contribution in [0.2, 0.25) is 0 Å². The van der Waals surface area contributed by atoms with Crippen LogP contribution in [0.3, 0.4) is 0 Å². The maximum atomic E-state index is 13.1. The smallest absolute Gasteiger partial charge is 0.171 e. The summed E-state index contributed by atoms with van der Waals surface area (Å²) in [7, 11) is 0. The number of aryl methyl sites for hydroxylation is 1. The lowest BCUT2D eigenvalue weighted by molar-refractivity contribution is 0.472. The Labute approximate surface area is 136 Å². The highest BCUT2D eigenvalue weighted by Gasteiger charge is 2.16. The van der Waals surface area contributed by atoms with Crippen molar-refractivity contribution in [2.45, 2.75) is 26.8 Å². The van der Waals surface area contributed by atoms with Crippen LogP contribution in [-0.2, 0) is 0 Å². The van der Waals surface area contributed by atoms with Crippen LogP contribution in [0.5, 0.6) is 0 Å². The fraction of sp³-hybridized carbons (Fsp3) is 0.278. The van der Waals surface area contributed by atoms with Crippen molar-refractivity contribution in [3.63, 3.8) is 0 Å². The summed E-state index contributed by atoms with van der Waals surface area (Å²) in [6, 6.07) is 14.6. The van der Waals surface area contributed by atoms with E-state index >= 15 is 0 Å². The van der Waals surface area contributed by atoms with Crippen LogP contribution >= 0.6 is 12.2 Å². The van der Waals surface area contributed by atoms with Crippen LogP contribution in [0.25, 0.3) is 0 Å². The normalized spacial score (nSPS) is 12.0. The van der Waals surface area contributed by atoms with Crippen molar-refractivity contribution in [3.8, 4) is 0 Å². The van der Waals surface area contributed by atoms with Crippen molar-refractivity contribution in [3.05, 3.63) is 65.5 Å². The van der Waals surface area contributed by atoms with Gasteiger partial charge < -0.3 is 10.6 Å². The van der Waals surface area contributed by atoms with E-state index in [1.54, 1.807) is 12.1 Å². The highest BCUT2D eigenvalue weighted by Crippen LogP contribution is 2.22. The third-order valence-electron chi connectivity index (χ3n) is 3.49. The maximum Gasteiger partial charge on any atom is 0.171 e. The average molecular weight is 316 g/mol.